The molecule has 1 aromatic heterocycles. The highest BCUT2D eigenvalue weighted by molar-refractivity contribution is 6.27. The molecule has 1 amide bonds. The number of amides is 1. The molecule has 1 saturated heterocycles. The van der Waals surface area contributed by atoms with E-state index in [1.807, 2.05) is 0 Å². The molecule has 0 saturated carbocycles. The molecule has 1 aromatic rings. The molecule has 104 valence electrons. The molecule has 2 rings (SSSR count). The molecule has 0 unspecified atom stereocenters. The third-order valence-corrected chi connectivity index (χ3v) is 2.89. The van der Waals surface area contributed by atoms with Gasteiger partial charge in [-0.1, -0.05) is 0 Å². The highest BCUT2D eigenvalue weighted by atomic mass is 35.5. The van der Waals surface area contributed by atoms with Gasteiger partial charge in [0.1, 0.15) is 12.0 Å². The monoisotopic (exact) mass is 294 g/mol. The van der Waals surface area contributed by atoms with Crippen molar-refractivity contribution in [2.45, 2.75) is 12.3 Å². The van der Waals surface area contributed by atoms with E-state index in [0.29, 0.717) is 13.1 Å². The number of ether oxygens (including phenoxy) is 1. The van der Waals surface area contributed by atoms with Crippen molar-refractivity contribution >= 4 is 17.5 Å². The Balaban J connectivity index is 1.93. The maximum Gasteiger partial charge on any atom is 0.416 e. The van der Waals surface area contributed by atoms with Gasteiger partial charge in [0.2, 0.25) is 11.8 Å². The first-order valence-electron chi connectivity index (χ1n) is 5.44. The van der Waals surface area contributed by atoms with E-state index in [0.717, 1.165) is 18.3 Å². The van der Waals surface area contributed by atoms with Crippen LogP contribution in [-0.2, 0) is 11.0 Å². The Hall–Kier alpha value is -1.50. The summed E-state index contributed by atoms with van der Waals surface area (Å²) in [5.74, 6) is -0.439. The van der Waals surface area contributed by atoms with E-state index in [4.69, 9.17) is 16.3 Å². The number of pyridine rings is 1. The van der Waals surface area contributed by atoms with Crippen molar-refractivity contribution < 1.29 is 22.7 Å². The van der Waals surface area contributed by atoms with Crippen LogP contribution in [0.3, 0.4) is 0 Å². The smallest absolute Gasteiger partial charge is 0.416 e. The SMILES string of the molecule is O=C(CCl)N1CC(Oc2cc(C(F)(F)F)ccn2)C1. The van der Waals surface area contributed by atoms with E-state index >= 15 is 0 Å². The first-order chi connectivity index (χ1) is 8.90. The van der Waals surface area contributed by atoms with Crippen molar-refractivity contribution in [3.8, 4) is 5.88 Å². The van der Waals surface area contributed by atoms with Gasteiger partial charge in [-0.2, -0.15) is 13.2 Å². The summed E-state index contributed by atoms with van der Waals surface area (Å²) in [4.78, 5) is 16.3. The highest BCUT2D eigenvalue weighted by Gasteiger charge is 2.34. The molecule has 0 atom stereocenters. The highest BCUT2D eigenvalue weighted by Crippen LogP contribution is 2.30. The zero-order chi connectivity index (χ0) is 14.0. The third kappa shape index (κ3) is 3.28. The van der Waals surface area contributed by atoms with Gasteiger partial charge >= 0.3 is 6.18 Å². The lowest BCUT2D eigenvalue weighted by Gasteiger charge is -2.38. The summed E-state index contributed by atoms with van der Waals surface area (Å²) in [6.07, 6.45) is -3.73. The largest absolute Gasteiger partial charge is 0.471 e. The molecular weight excluding hydrogens is 285 g/mol. The number of halogens is 4. The standard InChI is InChI=1S/C11H10ClF3N2O2/c12-4-10(18)17-5-8(6-17)19-9-3-7(1-2-16-9)11(13,14)15/h1-3,8H,4-6H2. The van der Waals surface area contributed by atoms with Gasteiger partial charge in [0.25, 0.3) is 0 Å². The second-order valence-electron chi connectivity index (χ2n) is 4.05. The zero-order valence-corrected chi connectivity index (χ0v) is 10.4. The van der Waals surface area contributed by atoms with Crippen LogP contribution in [0.2, 0.25) is 0 Å². The first kappa shape index (κ1) is 13.9. The van der Waals surface area contributed by atoms with E-state index in [-0.39, 0.29) is 23.8 Å². The van der Waals surface area contributed by atoms with Crippen molar-refractivity contribution in [1.82, 2.24) is 9.88 Å². The van der Waals surface area contributed by atoms with Crippen LogP contribution in [0, 0.1) is 0 Å². The number of carbonyl (C=O) groups excluding carboxylic acids is 1. The molecule has 1 aliphatic rings. The Kier molecular flexibility index (Phi) is 3.84. The lowest BCUT2D eigenvalue weighted by Crippen LogP contribution is -2.56. The van der Waals surface area contributed by atoms with Gasteiger partial charge in [-0.15, -0.1) is 11.6 Å². The molecule has 0 aliphatic carbocycles. The van der Waals surface area contributed by atoms with Crippen LogP contribution in [0.25, 0.3) is 0 Å². The number of alkyl halides is 4. The quantitative estimate of drug-likeness (QED) is 0.800. The summed E-state index contributed by atoms with van der Waals surface area (Å²) < 4.78 is 42.7. The van der Waals surface area contributed by atoms with Crippen LogP contribution < -0.4 is 4.74 Å². The van der Waals surface area contributed by atoms with Gasteiger partial charge in [-0.25, -0.2) is 4.98 Å². The fraction of sp³-hybridized carbons (Fsp3) is 0.455. The van der Waals surface area contributed by atoms with Crippen LogP contribution in [-0.4, -0.2) is 40.9 Å². The molecule has 1 aliphatic heterocycles. The van der Waals surface area contributed by atoms with Crippen molar-refractivity contribution in [2.24, 2.45) is 0 Å². The summed E-state index contributed by atoms with van der Waals surface area (Å²) in [5.41, 5.74) is -0.814. The Morgan fingerprint density at radius 1 is 1.53 bits per heavy atom. The van der Waals surface area contributed by atoms with Crippen LogP contribution in [0.1, 0.15) is 5.56 Å². The van der Waals surface area contributed by atoms with Crippen LogP contribution >= 0.6 is 11.6 Å². The van der Waals surface area contributed by atoms with Crippen LogP contribution in [0.5, 0.6) is 5.88 Å². The number of hydrogen-bond donors (Lipinski definition) is 0. The molecule has 0 N–H and O–H groups in total. The minimum Gasteiger partial charge on any atom is -0.471 e. The lowest BCUT2D eigenvalue weighted by molar-refractivity contribution is -0.138. The molecule has 2 heterocycles. The van der Waals surface area contributed by atoms with Crippen molar-refractivity contribution in [3.05, 3.63) is 23.9 Å². The number of aromatic nitrogens is 1. The Labute approximate surface area is 112 Å². The molecule has 0 aromatic carbocycles. The average molecular weight is 295 g/mol. The number of hydrogen-bond acceptors (Lipinski definition) is 3. The summed E-state index contributed by atoms with van der Waals surface area (Å²) in [7, 11) is 0. The maximum absolute atomic E-state index is 12.5. The molecule has 0 radical (unpaired) electrons. The fourth-order valence-electron chi connectivity index (χ4n) is 1.62. The normalized spacial score (nSPS) is 16.1. The topological polar surface area (TPSA) is 42.4 Å². The number of nitrogens with zero attached hydrogens (tertiary/aromatic N) is 2. The second kappa shape index (κ2) is 5.24. The molecule has 0 spiro atoms. The second-order valence-corrected chi connectivity index (χ2v) is 4.32. The van der Waals surface area contributed by atoms with E-state index < -0.39 is 11.7 Å². The maximum atomic E-state index is 12.5. The lowest BCUT2D eigenvalue weighted by atomic mass is 10.1. The first-order valence-corrected chi connectivity index (χ1v) is 5.97. The van der Waals surface area contributed by atoms with Gasteiger partial charge in [0.15, 0.2) is 0 Å². The number of rotatable bonds is 3. The average Bonchev–Trinajstić information content (AvgIpc) is 2.31. The number of likely N-dealkylation sites (tertiary alicyclic amines) is 1. The molecule has 1 fully saturated rings. The molecule has 8 heteroatoms. The number of carbonyl (C=O) groups is 1. The minimum atomic E-state index is -4.43. The zero-order valence-electron chi connectivity index (χ0n) is 9.65. The summed E-state index contributed by atoms with van der Waals surface area (Å²) in [6, 6.07) is 1.71. The Bertz CT molecular complexity index is 475. The van der Waals surface area contributed by atoms with Crippen LogP contribution in [0.4, 0.5) is 13.2 Å². The van der Waals surface area contributed by atoms with Crippen LogP contribution in [0.15, 0.2) is 18.3 Å². The summed E-state index contributed by atoms with van der Waals surface area (Å²) in [6.45, 7) is 0.618. The Morgan fingerprint density at radius 2 is 2.21 bits per heavy atom. The predicted molar refractivity (Wildman–Crippen MR) is 61.0 cm³/mol. The fourth-order valence-corrected chi connectivity index (χ4v) is 1.79. The van der Waals surface area contributed by atoms with Crippen molar-refractivity contribution in [2.75, 3.05) is 19.0 Å². The van der Waals surface area contributed by atoms with Crippen molar-refractivity contribution in [3.63, 3.8) is 0 Å². The van der Waals surface area contributed by atoms with Gasteiger partial charge in [-0.05, 0) is 6.07 Å². The van der Waals surface area contributed by atoms with Gasteiger partial charge in [0, 0.05) is 12.3 Å². The van der Waals surface area contributed by atoms with Gasteiger partial charge in [0.05, 0.1) is 18.7 Å². The minimum absolute atomic E-state index is 0.0993. The van der Waals surface area contributed by atoms with E-state index in [1.54, 1.807) is 0 Å². The molecular formula is C11H10ClF3N2O2. The van der Waals surface area contributed by atoms with E-state index in [9.17, 15) is 18.0 Å². The predicted octanol–water partition coefficient (Wildman–Crippen LogP) is 1.93. The summed E-state index contributed by atoms with van der Waals surface area (Å²) >= 11 is 5.37. The molecule has 0 bridgehead atoms. The summed E-state index contributed by atoms with van der Waals surface area (Å²) in [5, 5.41) is 0. The Morgan fingerprint density at radius 3 is 2.79 bits per heavy atom. The van der Waals surface area contributed by atoms with E-state index in [2.05, 4.69) is 4.98 Å². The van der Waals surface area contributed by atoms with E-state index in [1.165, 1.54) is 4.90 Å². The van der Waals surface area contributed by atoms with Gasteiger partial charge in [-0.3, -0.25) is 4.79 Å². The van der Waals surface area contributed by atoms with Gasteiger partial charge < -0.3 is 9.64 Å². The van der Waals surface area contributed by atoms with Crippen molar-refractivity contribution in [1.29, 1.82) is 0 Å². The third-order valence-electron chi connectivity index (χ3n) is 2.66. The molecule has 4 nitrogen and oxygen atoms in total. The molecule has 19 heavy (non-hydrogen) atoms.